The zero-order chi connectivity index (χ0) is 20.6. The van der Waals surface area contributed by atoms with Crippen LogP contribution in [-0.4, -0.2) is 23.3 Å². The maximum absolute atomic E-state index is 12.0. The van der Waals surface area contributed by atoms with Crippen molar-refractivity contribution in [3.63, 3.8) is 0 Å². The van der Waals surface area contributed by atoms with Crippen molar-refractivity contribution >= 4 is 11.9 Å². The minimum Gasteiger partial charge on any atom is -0.865 e. The number of nitrogens with zero attached hydrogens (tertiary/aromatic N) is 3. The number of hydrazone groups is 1. The molecule has 0 N–H and O–H groups in total. The molecule has 7 nitrogen and oxygen atoms in total. The topological polar surface area (TPSA) is 91.0 Å². The molecular weight excluding hydrogens is 370 g/mol. The summed E-state index contributed by atoms with van der Waals surface area (Å²) in [6.45, 7) is 1.12. The van der Waals surface area contributed by atoms with E-state index in [0.717, 1.165) is 11.1 Å². The Morgan fingerprint density at radius 1 is 1.00 bits per heavy atom. The first-order chi connectivity index (χ1) is 14.1. The second-order valence-corrected chi connectivity index (χ2v) is 6.37. The number of nitro groups is 1. The van der Waals surface area contributed by atoms with Crippen molar-refractivity contribution in [1.82, 2.24) is 5.01 Å². The number of rotatable bonds is 8. The second-order valence-electron chi connectivity index (χ2n) is 6.37. The van der Waals surface area contributed by atoms with Crippen LogP contribution in [0.15, 0.2) is 77.9 Å². The van der Waals surface area contributed by atoms with Crippen LogP contribution in [0.1, 0.15) is 16.7 Å². The maximum atomic E-state index is 12.0. The van der Waals surface area contributed by atoms with Gasteiger partial charge < -0.3 is 9.84 Å². The fraction of sp³-hybridized carbons (Fsp3) is 0.136. The normalized spacial score (nSPS) is 10.8. The molecule has 0 bridgehead atoms. The molecular formula is C22H20N3O4-. The van der Waals surface area contributed by atoms with Crippen LogP contribution < -0.4 is 9.84 Å². The fourth-order valence-corrected chi connectivity index (χ4v) is 2.84. The van der Waals surface area contributed by atoms with Gasteiger partial charge in [-0.15, -0.1) is 0 Å². The predicted octanol–water partition coefficient (Wildman–Crippen LogP) is 3.71. The molecule has 0 aliphatic heterocycles. The first kappa shape index (κ1) is 19.9. The number of hydrogen-bond donors (Lipinski definition) is 0. The Morgan fingerprint density at radius 2 is 1.55 bits per heavy atom. The van der Waals surface area contributed by atoms with Crippen molar-refractivity contribution in [2.24, 2.45) is 5.10 Å². The van der Waals surface area contributed by atoms with Gasteiger partial charge in [-0.3, -0.25) is 15.1 Å². The lowest BCUT2D eigenvalue weighted by Crippen LogP contribution is -2.17. The van der Waals surface area contributed by atoms with Gasteiger partial charge in [0.15, 0.2) is 0 Å². The van der Waals surface area contributed by atoms with Gasteiger partial charge in [-0.25, -0.2) is 0 Å². The second kappa shape index (κ2) is 9.36. The number of benzene rings is 3. The Bertz CT molecular complexity index is 950. The molecule has 7 heteroatoms. The quantitative estimate of drug-likeness (QED) is 0.332. The average molecular weight is 390 g/mol. The number of methoxy groups -OCH3 is 1. The summed E-state index contributed by atoms with van der Waals surface area (Å²) in [6.07, 6.45) is 1.50. The summed E-state index contributed by atoms with van der Waals surface area (Å²) in [7, 11) is 1.30. The highest BCUT2D eigenvalue weighted by molar-refractivity contribution is 5.82. The molecule has 29 heavy (non-hydrogen) atoms. The van der Waals surface area contributed by atoms with Crippen LogP contribution in [0.3, 0.4) is 0 Å². The van der Waals surface area contributed by atoms with Gasteiger partial charge in [0, 0.05) is 17.4 Å². The van der Waals surface area contributed by atoms with Crippen molar-refractivity contribution in [3.05, 3.63) is 99.6 Å². The van der Waals surface area contributed by atoms with Crippen LogP contribution in [0.2, 0.25) is 0 Å². The highest BCUT2D eigenvalue weighted by Crippen LogP contribution is 2.34. The third kappa shape index (κ3) is 5.32. The molecule has 148 valence electrons. The molecule has 3 rings (SSSR count). The van der Waals surface area contributed by atoms with Gasteiger partial charge in [0.2, 0.25) is 0 Å². The van der Waals surface area contributed by atoms with Crippen molar-refractivity contribution in [3.8, 4) is 11.5 Å². The molecule has 0 heterocycles. The van der Waals surface area contributed by atoms with E-state index < -0.39 is 16.4 Å². The Labute approximate surface area is 168 Å². The molecule has 0 aliphatic carbocycles. The zero-order valence-corrected chi connectivity index (χ0v) is 15.9. The van der Waals surface area contributed by atoms with E-state index in [1.165, 1.54) is 25.5 Å². The van der Waals surface area contributed by atoms with Crippen molar-refractivity contribution in [2.45, 2.75) is 13.1 Å². The van der Waals surface area contributed by atoms with Crippen LogP contribution in [0.4, 0.5) is 5.69 Å². The highest BCUT2D eigenvalue weighted by atomic mass is 16.6. The molecule has 3 aromatic rings. The SMILES string of the molecule is COc1cc(/C=N\N(Cc2ccccc2)Cc2ccccc2)cc([N+](=O)[O-])c1[O-]. The number of ether oxygens (including phenoxy) is 1. The summed E-state index contributed by atoms with van der Waals surface area (Å²) in [6, 6.07) is 22.4. The highest BCUT2D eigenvalue weighted by Gasteiger charge is 2.13. The van der Waals surface area contributed by atoms with Crippen LogP contribution >= 0.6 is 0 Å². The Kier molecular flexibility index (Phi) is 6.42. The number of nitro benzene ring substituents is 1. The molecule has 0 fully saturated rings. The Hall–Kier alpha value is -3.87. The standard InChI is InChI=1S/C22H21N3O4/c1-29-21-13-19(12-20(22(21)26)25(27)28)14-23-24(15-17-8-4-2-5-9-17)16-18-10-6-3-7-11-18/h2-14,26H,15-16H2,1H3/p-1/b23-14-. The lowest BCUT2D eigenvalue weighted by Gasteiger charge is -2.20. The van der Waals surface area contributed by atoms with Gasteiger partial charge in [-0.2, -0.15) is 5.10 Å². The molecule has 0 unspecified atom stereocenters. The molecule has 0 radical (unpaired) electrons. The largest absolute Gasteiger partial charge is 0.865 e. The van der Waals surface area contributed by atoms with E-state index in [-0.39, 0.29) is 5.75 Å². The maximum Gasteiger partial charge on any atom is 0.266 e. The van der Waals surface area contributed by atoms with Gasteiger partial charge in [-0.05, 0) is 17.2 Å². The first-order valence-electron chi connectivity index (χ1n) is 8.97. The molecule has 0 aliphatic rings. The summed E-state index contributed by atoms with van der Waals surface area (Å²) in [5.74, 6) is -0.835. The van der Waals surface area contributed by atoms with Gasteiger partial charge in [0.1, 0.15) is 5.75 Å². The summed E-state index contributed by atoms with van der Waals surface area (Å²) < 4.78 is 4.98. The Balaban J connectivity index is 1.89. The van der Waals surface area contributed by atoms with E-state index >= 15 is 0 Å². The van der Waals surface area contributed by atoms with Gasteiger partial charge in [0.05, 0.1) is 31.3 Å². The molecule has 0 amide bonds. The van der Waals surface area contributed by atoms with E-state index in [1.54, 1.807) is 0 Å². The molecule has 0 atom stereocenters. The summed E-state index contributed by atoms with van der Waals surface area (Å²) in [5.41, 5.74) is 2.04. The van der Waals surface area contributed by atoms with Gasteiger partial charge in [0.25, 0.3) is 5.69 Å². The lowest BCUT2D eigenvalue weighted by atomic mass is 10.2. The smallest absolute Gasteiger partial charge is 0.266 e. The van der Waals surface area contributed by atoms with Crippen molar-refractivity contribution < 1.29 is 14.8 Å². The molecule has 0 saturated carbocycles. The third-order valence-electron chi connectivity index (χ3n) is 4.26. The van der Waals surface area contributed by atoms with Crippen LogP contribution in [-0.2, 0) is 13.1 Å². The first-order valence-corrected chi connectivity index (χ1v) is 8.97. The average Bonchev–Trinajstić information content (AvgIpc) is 2.74. The third-order valence-corrected chi connectivity index (χ3v) is 4.26. The van der Waals surface area contributed by atoms with Crippen LogP contribution in [0, 0.1) is 10.1 Å². The van der Waals surface area contributed by atoms with E-state index in [0.29, 0.717) is 18.7 Å². The minimum atomic E-state index is -0.750. The molecule has 0 aromatic heterocycles. The minimum absolute atomic E-state index is 0.0849. The fourth-order valence-electron chi connectivity index (χ4n) is 2.84. The van der Waals surface area contributed by atoms with E-state index in [9.17, 15) is 15.2 Å². The van der Waals surface area contributed by atoms with Crippen LogP contribution in [0.5, 0.6) is 11.5 Å². The van der Waals surface area contributed by atoms with E-state index in [2.05, 4.69) is 5.10 Å². The van der Waals surface area contributed by atoms with Crippen molar-refractivity contribution in [1.29, 1.82) is 0 Å². The Morgan fingerprint density at radius 3 is 2.03 bits per heavy atom. The lowest BCUT2D eigenvalue weighted by molar-refractivity contribution is -0.398. The molecule has 0 spiro atoms. The number of hydrogen-bond acceptors (Lipinski definition) is 6. The van der Waals surface area contributed by atoms with E-state index in [1.807, 2.05) is 65.7 Å². The molecule has 0 saturated heterocycles. The summed E-state index contributed by atoms with van der Waals surface area (Å²) in [4.78, 5) is 10.4. The van der Waals surface area contributed by atoms with E-state index in [4.69, 9.17) is 4.74 Å². The van der Waals surface area contributed by atoms with Crippen molar-refractivity contribution in [2.75, 3.05) is 7.11 Å². The van der Waals surface area contributed by atoms with Gasteiger partial charge >= 0.3 is 0 Å². The predicted molar refractivity (Wildman–Crippen MR) is 109 cm³/mol. The van der Waals surface area contributed by atoms with Crippen LogP contribution in [0.25, 0.3) is 0 Å². The molecule has 3 aromatic carbocycles. The monoisotopic (exact) mass is 390 g/mol. The van der Waals surface area contributed by atoms with Gasteiger partial charge in [-0.1, -0.05) is 60.7 Å². The summed E-state index contributed by atoms with van der Waals surface area (Å²) in [5, 5.41) is 29.5. The summed E-state index contributed by atoms with van der Waals surface area (Å²) >= 11 is 0. The zero-order valence-electron chi connectivity index (χ0n) is 15.9.